The molecule has 1 atom stereocenters. The third-order valence-electron chi connectivity index (χ3n) is 3.06. The molecule has 1 unspecified atom stereocenters. The fourth-order valence-corrected chi connectivity index (χ4v) is 2.00. The van der Waals surface area contributed by atoms with Crippen LogP contribution in [0.15, 0.2) is 18.2 Å². The number of hydrogen-bond donors (Lipinski definition) is 2. The first kappa shape index (κ1) is 16.8. The summed E-state index contributed by atoms with van der Waals surface area (Å²) in [6.07, 6.45) is 1.20. The van der Waals surface area contributed by atoms with Crippen LogP contribution in [0, 0.1) is 0 Å². The van der Waals surface area contributed by atoms with E-state index in [0.717, 1.165) is 0 Å². The second kappa shape index (κ2) is 8.14. The van der Waals surface area contributed by atoms with E-state index >= 15 is 0 Å². The third-order valence-corrected chi connectivity index (χ3v) is 3.06. The van der Waals surface area contributed by atoms with Crippen LogP contribution in [-0.2, 0) is 4.79 Å². The number of nitrogens with one attached hydrogen (secondary N) is 1. The molecular weight excluding hydrogens is 274 g/mol. The monoisotopic (exact) mass is 295 g/mol. The lowest BCUT2D eigenvalue weighted by Crippen LogP contribution is -2.33. The molecule has 1 aromatic rings. The van der Waals surface area contributed by atoms with Crippen LogP contribution in [0.2, 0.25) is 0 Å². The molecule has 0 bridgehead atoms. The van der Waals surface area contributed by atoms with Crippen LogP contribution in [0.4, 0.5) is 0 Å². The molecule has 1 rings (SSSR count). The van der Waals surface area contributed by atoms with Crippen LogP contribution in [0.3, 0.4) is 0 Å². The smallest absolute Gasteiger partial charge is 0.303 e. The minimum Gasteiger partial charge on any atom is -0.496 e. The van der Waals surface area contributed by atoms with Gasteiger partial charge < -0.3 is 19.9 Å². The molecule has 0 aliphatic carbocycles. The number of carboxylic acid groups (broad SMARTS) is 1. The zero-order chi connectivity index (χ0) is 15.8. The summed E-state index contributed by atoms with van der Waals surface area (Å²) in [6.45, 7) is 1.83. The van der Waals surface area contributed by atoms with Crippen LogP contribution in [-0.4, -0.2) is 37.2 Å². The van der Waals surface area contributed by atoms with E-state index in [0.29, 0.717) is 29.9 Å². The van der Waals surface area contributed by atoms with E-state index in [1.807, 2.05) is 6.92 Å². The SMILES string of the molecule is COc1cccc(OC)c1C(=O)NC(C)CCCC(=O)O. The molecule has 6 heteroatoms. The molecule has 0 saturated carbocycles. The zero-order valence-electron chi connectivity index (χ0n) is 12.5. The van der Waals surface area contributed by atoms with Crippen molar-refractivity contribution in [2.24, 2.45) is 0 Å². The number of carboxylic acids is 1. The van der Waals surface area contributed by atoms with Crippen LogP contribution in [0.25, 0.3) is 0 Å². The Morgan fingerprint density at radius 1 is 1.24 bits per heavy atom. The highest BCUT2D eigenvalue weighted by Gasteiger charge is 2.19. The second-order valence-electron chi connectivity index (χ2n) is 4.70. The molecule has 0 aliphatic heterocycles. The second-order valence-corrected chi connectivity index (χ2v) is 4.70. The molecule has 21 heavy (non-hydrogen) atoms. The van der Waals surface area contributed by atoms with E-state index in [-0.39, 0.29) is 18.4 Å². The van der Waals surface area contributed by atoms with Gasteiger partial charge in [-0.3, -0.25) is 9.59 Å². The predicted molar refractivity (Wildman–Crippen MR) is 78.0 cm³/mol. The van der Waals surface area contributed by atoms with Crippen molar-refractivity contribution in [2.75, 3.05) is 14.2 Å². The van der Waals surface area contributed by atoms with Gasteiger partial charge in [0.2, 0.25) is 0 Å². The van der Waals surface area contributed by atoms with Crippen molar-refractivity contribution in [3.8, 4) is 11.5 Å². The minimum atomic E-state index is -0.833. The number of benzene rings is 1. The molecule has 0 radical (unpaired) electrons. The van der Waals surface area contributed by atoms with Gasteiger partial charge in [-0.05, 0) is 31.9 Å². The van der Waals surface area contributed by atoms with Crippen LogP contribution in [0.5, 0.6) is 11.5 Å². The van der Waals surface area contributed by atoms with Crippen molar-refractivity contribution >= 4 is 11.9 Å². The summed E-state index contributed by atoms with van der Waals surface area (Å²) in [6, 6.07) is 4.98. The Morgan fingerprint density at radius 2 is 1.81 bits per heavy atom. The number of carbonyl (C=O) groups is 2. The zero-order valence-corrected chi connectivity index (χ0v) is 12.5. The van der Waals surface area contributed by atoms with Gasteiger partial charge in [0.1, 0.15) is 17.1 Å². The van der Waals surface area contributed by atoms with Gasteiger partial charge in [-0.1, -0.05) is 6.07 Å². The predicted octanol–water partition coefficient (Wildman–Crippen LogP) is 2.08. The summed E-state index contributed by atoms with van der Waals surface area (Å²) in [4.78, 5) is 22.8. The number of amides is 1. The maximum Gasteiger partial charge on any atom is 0.303 e. The molecule has 0 aliphatic rings. The van der Waals surface area contributed by atoms with E-state index in [1.165, 1.54) is 14.2 Å². The Hall–Kier alpha value is -2.24. The fraction of sp³-hybridized carbons (Fsp3) is 0.467. The summed E-state index contributed by atoms with van der Waals surface area (Å²) >= 11 is 0. The van der Waals surface area contributed by atoms with Gasteiger partial charge in [0.15, 0.2) is 0 Å². The molecule has 116 valence electrons. The Bertz CT molecular complexity index is 479. The summed E-state index contributed by atoms with van der Waals surface area (Å²) < 4.78 is 10.4. The molecule has 1 amide bonds. The van der Waals surface area contributed by atoms with E-state index in [1.54, 1.807) is 18.2 Å². The lowest BCUT2D eigenvalue weighted by molar-refractivity contribution is -0.137. The highest BCUT2D eigenvalue weighted by Crippen LogP contribution is 2.28. The number of methoxy groups -OCH3 is 2. The van der Waals surface area contributed by atoms with Gasteiger partial charge in [-0.2, -0.15) is 0 Å². The highest BCUT2D eigenvalue weighted by atomic mass is 16.5. The van der Waals surface area contributed by atoms with Crippen LogP contribution < -0.4 is 14.8 Å². The maximum absolute atomic E-state index is 12.3. The van der Waals surface area contributed by atoms with Gasteiger partial charge >= 0.3 is 5.97 Å². The van der Waals surface area contributed by atoms with Gasteiger partial charge in [-0.15, -0.1) is 0 Å². The van der Waals surface area contributed by atoms with Crippen LogP contribution in [0.1, 0.15) is 36.5 Å². The normalized spacial score (nSPS) is 11.6. The molecular formula is C15H21NO5. The van der Waals surface area contributed by atoms with Gasteiger partial charge in [-0.25, -0.2) is 0 Å². The third kappa shape index (κ3) is 4.98. The maximum atomic E-state index is 12.3. The fourth-order valence-electron chi connectivity index (χ4n) is 2.00. The standard InChI is InChI=1S/C15H21NO5/c1-10(6-4-9-13(17)18)16-15(19)14-11(20-2)7-5-8-12(14)21-3/h5,7-8,10H,4,6,9H2,1-3H3,(H,16,19)(H,17,18). The molecule has 0 fully saturated rings. The molecule has 6 nitrogen and oxygen atoms in total. The summed E-state index contributed by atoms with van der Waals surface area (Å²) in [7, 11) is 2.98. The van der Waals surface area contributed by atoms with Crippen molar-refractivity contribution in [1.82, 2.24) is 5.32 Å². The summed E-state index contributed by atoms with van der Waals surface area (Å²) in [5.41, 5.74) is 0.340. The lowest BCUT2D eigenvalue weighted by Gasteiger charge is -2.16. The van der Waals surface area contributed by atoms with Gasteiger partial charge in [0.25, 0.3) is 5.91 Å². The van der Waals surface area contributed by atoms with E-state index in [2.05, 4.69) is 5.32 Å². The number of ether oxygens (including phenoxy) is 2. The van der Waals surface area contributed by atoms with Crippen molar-refractivity contribution in [1.29, 1.82) is 0 Å². The molecule has 0 saturated heterocycles. The number of hydrogen-bond acceptors (Lipinski definition) is 4. The van der Waals surface area contributed by atoms with Crippen LogP contribution >= 0.6 is 0 Å². The topological polar surface area (TPSA) is 84.9 Å². The van der Waals surface area contributed by atoms with Crippen molar-refractivity contribution in [2.45, 2.75) is 32.2 Å². The Kier molecular flexibility index (Phi) is 6.52. The lowest BCUT2D eigenvalue weighted by atomic mass is 10.1. The average Bonchev–Trinajstić information content (AvgIpc) is 2.45. The molecule has 1 aromatic carbocycles. The summed E-state index contributed by atoms with van der Waals surface area (Å²) in [5.74, 6) is -0.263. The molecule has 0 heterocycles. The number of carbonyl (C=O) groups excluding carboxylic acids is 1. The van der Waals surface area contributed by atoms with E-state index < -0.39 is 5.97 Å². The Balaban J connectivity index is 2.73. The molecule has 0 aromatic heterocycles. The highest BCUT2D eigenvalue weighted by molar-refractivity contribution is 5.99. The van der Waals surface area contributed by atoms with Gasteiger partial charge in [0.05, 0.1) is 14.2 Å². The first-order valence-electron chi connectivity index (χ1n) is 6.73. The first-order valence-corrected chi connectivity index (χ1v) is 6.73. The van der Waals surface area contributed by atoms with Crippen molar-refractivity contribution < 1.29 is 24.2 Å². The van der Waals surface area contributed by atoms with E-state index in [4.69, 9.17) is 14.6 Å². The Morgan fingerprint density at radius 3 is 2.29 bits per heavy atom. The number of aliphatic carboxylic acids is 1. The molecule has 0 spiro atoms. The Labute approximate surface area is 124 Å². The average molecular weight is 295 g/mol. The van der Waals surface area contributed by atoms with Crippen molar-refractivity contribution in [3.63, 3.8) is 0 Å². The van der Waals surface area contributed by atoms with E-state index in [9.17, 15) is 9.59 Å². The number of rotatable bonds is 8. The van der Waals surface area contributed by atoms with Crippen molar-refractivity contribution in [3.05, 3.63) is 23.8 Å². The first-order chi connectivity index (χ1) is 9.99. The van der Waals surface area contributed by atoms with Gasteiger partial charge in [0, 0.05) is 12.5 Å². The quantitative estimate of drug-likeness (QED) is 0.767. The minimum absolute atomic E-state index is 0.0954. The largest absolute Gasteiger partial charge is 0.496 e. The molecule has 2 N–H and O–H groups in total. The summed E-state index contributed by atoms with van der Waals surface area (Å²) in [5, 5.41) is 11.4.